The number of hydrogen-bond donors (Lipinski definition) is 0. The molecule has 1 aliphatic heterocycles. The van der Waals surface area contributed by atoms with Gasteiger partial charge in [-0.05, 0) is 37.1 Å². The number of ether oxygens (including phenoxy) is 2. The zero-order chi connectivity index (χ0) is 17.8. The van der Waals surface area contributed by atoms with Crippen LogP contribution in [0.3, 0.4) is 0 Å². The van der Waals surface area contributed by atoms with Crippen molar-refractivity contribution in [2.75, 3.05) is 40.4 Å². The van der Waals surface area contributed by atoms with Crippen molar-refractivity contribution in [1.82, 2.24) is 9.80 Å². The van der Waals surface area contributed by atoms with Crippen LogP contribution in [0.2, 0.25) is 0 Å². The molecule has 0 N–H and O–H groups in total. The van der Waals surface area contributed by atoms with Gasteiger partial charge in [0.05, 0.1) is 14.2 Å². The summed E-state index contributed by atoms with van der Waals surface area (Å²) in [5, 5.41) is 0. The van der Waals surface area contributed by atoms with Crippen LogP contribution in [0, 0.1) is 5.92 Å². The van der Waals surface area contributed by atoms with Crippen molar-refractivity contribution >= 4 is 17.9 Å². The lowest BCUT2D eigenvalue weighted by Crippen LogP contribution is -2.50. The van der Waals surface area contributed by atoms with Crippen molar-refractivity contribution in [3.8, 4) is 11.5 Å². The van der Waals surface area contributed by atoms with Crippen molar-refractivity contribution in [1.29, 1.82) is 0 Å². The average Bonchev–Trinajstić information content (AvgIpc) is 3.50. The Balaban J connectivity index is 1.59. The fraction of sp³-hybridized carbons (Fsp3) is 0.474. The first-order valence-corrected chi connectivity index (χ1v) is 8.60. The molecular weight excluding hydrogens is 320 g/mol. The Bertz CT molecular complexity index is 674. The highest BCUT2D eigenvalue weighted by molar-refractivity contribution is 5.92. The summed E-state index contributed by atoms with van der Waals surface area (Å²) in [6.07, 6.45) is 5.33. The van der Waals surface area contributed by atoms with Gasteiger partial charge >= 0.3 is 0 Å². The minimum Gasteiger partial charge on any atom is -0.497 e. The average molecular weight is 344 g/mol. The predicted molar refractivity (Wildman–Crippen MR) is 94.5 cm³/mol. The Morgan fingerprint density at radius 2 is 1.72 bits per heavy atom. The van der Waals surface area contributed by atoms with E-state index < -0.39 is 0 Å². The molecule has 2 fully saturated rings. The molecule has 0 aromatic heterocycles. The van der Waals surface area contributed by atoms with Crippen LogP contribution in [0.25, 0.3) is 6.08 Å². The van der Waals surface area contributed by atoms with Gasteiger partial charge in [-0.3, -0.25) is 9.59 Å². The molecule has 1 aliphatic carbocycles. The third kappa shape index (κ3) is 4.13. The number of nitrogens with zero attached hydrogens (tertiary/aromatic N) is 2. The lowest BCUT2D eigenvalue weighted by atomic mass is 10.1. The quantitative estimate of drug-likeness (QED) is 0.764. The van der Waals surface area contributed by atoms with Gasteiger partial charge in [0.2, 0.25) is 11.8 Å². The highest BCUT2D eigenvalue weighted by Gasteiger charge is 2.34. The minimum absolute atomic E-state index is 0.0524. The van der Waals surface area contributed by atoms with Gasteiger partial charge in [-0.25, -0.2) is 0 Å². The molecule has 25 heavy (non-hydrogen) atoms. The van der Waals surface area contributed by atoms with Gasteiger partial charge in [-0.1, -0.05) is 0 Å². The maximum absolute atomic E-state index is 12.4. The van der Waals surface area contributed by atoms with Gasteiger partial charge in [0.25, 0.3) is 0 Å². The van der Waals surface area contributed by atoms with E-state index in [0.29, 0.717) is 37.7 Å². The topological polar surface area (TPSA) is 59.1 Å². The zero-order valence-electron chi connectivity index (χ0n) is 14.7. The second-order valence-electron chi connectivity index (χ2n) is 6.37. The lowest BCUT2D eigenvalue weighted by molar-refractivity contribution is -0.138. The van der Waals surface area contributed by atoms with Crippen molar-refractivity contribution in [3.63, 3.8) is 0 Å². The van der Waals surface area contributed by atoms with E-state index in [1.54, 1.807) is 31.3 Å². The Kier molecular flexibility index (Phi) is 5.26. The summed E-state index contributed by atoms with van der Waals surface area (Å²) >= 11 is 0. The first-order valence-electron chi connectivity index (χ1n) is 8.60. The summed E-state index contributed by atoms with van der Waals surface area (Å²) in [7, 11) is 3.19. The first-order chi connectivity index (χ1) is 12.1. The van der Waals surface area contributed by atoms with Crippen LogP contribution in [-0.2, 0) is 9.59 Å². The molecule has 0 atom stereocenters. The van der Waals surface area contributed by atoms with Crippen molar-refractivity contribution in [2.24, 2.45) is 5.92 Å². The molecule has 1 aromatic carbocycles. The van der Waals surface area contributed by atoms with Crippen LogP contribution < -0.4 is 9.47 Å². The Hall–Kier alpha value is -2.50. The van der Waals surface area contributed by atoms with Crippen LogP contribution in [0.15, 0.2) is 24.3 Å². The van der Waals surface area contributed by atoms with Crippen LogP contribution in [0.1, 0.15) is 18.4 Å². The number of amides is 2. The van der Waals surface area contributed by atoms with E-state index >= 15 is 0 Å². The van der Waals surface area contributed by atoms with E-state index in [2.05, 4.69) is 0 Å². The number of methoxy groups -OCH3 is 2. The number of rotatable bonds is 5. The van der Waals surface area contributed by atoms with Crippen molar-refractivity contribution in [3.05, 3.63) is 29.8 Å². The van der Waals surface area contributed by atoms with E-state index in [1.807, 2.05) is 23.1 Å². The molecule has 1 saturated carbocycles. The summed E-state index contributed by atoms with van der Waals surface area (Å²) in [5.41, 5.74) is 0.790. The molecule has 6 heteroatoms. The fourth-order valence-electron chi connectivity index (χ4n) is 2.97. The molecule has 0 radical (unpaired) electrons. The number of benzene rings is 1. The molecule has 0 unspecified atom stereocenters. The largest absolute Gasteiger partial charge is 0.497 e. The molecule has 0 spiro atoms. The van der Waals surface area contributed by atoms with Gasteiger partial charge in [-0.15, -0.1) is 0 Å². The molecule has 134 valence electrons. The molecule has 1 saturated heterocycles. The molecule has 1 heterocycles. The van der Waals surface area contributed by atoms with Gasteiger partial charge in [0.15, 0.2) is 0 Å². The Morgan fingerprint density at radius 1 is 1.04 bits per heavy atom. The standard InChI is InChI=1S/C19H24N2O4/c1-24-16-6-7-17(25-2)15(13-16)5-8-18(22)20-9-11-21(12-10-20)19(23)14-3-4-14/h5-8,13-14H,3-4,9-12H2,1-2H3. The lowest BCUT2D eigenvalue weighted by Gasteiger charge is -2.34. The van der Waals surface area contributed by atoms with Crippen molar-refractivity contribution in [2.45, 2.75) is 12.8 Å². The molecule has 3 rings (SSSR count). The Morgan fingerprint density at radius 3 is 2.32 bits per heavy atom. The van der Waals surface area contributed by atoms with Crippen LogP contribution in [0.5, 0.6) is 11.5 Å². The second-order valence-corrected chi connectivity index (χ2v) is 6.37. The SMILES string of the molecule is COc1ccc(OC)c(C=CC(=O)N2CCN(C(=O)C3CC3)CC2)c1. The van der Waals surface area contributed by atoms with E-state index in [4.69, 9.17) is 9.47 Å². The van der Waals surface area contributed by atoms with Gasteiger partial charge in [0.1, 0.15) is 11.5 Å². The highest BCUT2D eigenvalue weighted by Crippen LogP contribution is 2.31. The highest BCUT2D eigenvalue weighted by atomic mass is 16.5. The number of carbonyl (C=O) groups excluding carboxylic acids is 2. The third-order valence-corrected chi connectivity index (χ3v) is 4.67. The van der Waals surface area contributed by atoms with Crippen LogP contribution in [-0.4, -0.2) is 62.0 Å². The normalized spacial score (nSPS) is 17.7. The van der Waals surface area contributed by atoms with E-state index in [1.165, 1.54) is 0 Å². The molecule has 1 aromatic rings. The number of piperazine rings is 1. The summed E-state index contributed by atoms with van der Waals surface area (Å²) in [6, 6.07) is 5.45. The van der Waals surface area contributed by atoms with Gasteiger partial charge < -0.3 is 19.3 Å². The molecule has 6 nitrogen and oxygen atoms in total. The maximum Gasteiger partial charge on any atom is 0.246 e. The van der Waals surface area contributed by atoms with E-state index in [-0.39, 0.29) is 17.7 Å². The predicted octanol–water partition coefficient (Wildman–Crippen LogP) is 1.80. The monoisotopic (exact) mass is 344 g/mol. The summed E-state index contributed by atoms with van der Waals surface area (Å²) in [4.78, 5) is 28.1. The first kappa shape index (κ1) is 17.3. The van der Waals surface area contributed by atoms with E-state index in [0.717, 1.165) is 18.4 Å². The second kappa shape index (κ2) is 7.59. The molecule has 0 bridgehead atoms. The molecular formula is C19H24N2O4. The number of carbonyl (C=O) groups is 2. The summed E-state index contributed by atoms with van der Waals surface area (Å²) < 4.78 is 10.5. The molecule has 2 aliphatic rings. The fourth-order valence-corrected chi connectivity index (χ4v) is 2.97. The summed E-state index contributed by atoms with van der Waals surface area (Å²) in [5.74, 6) is 1.83. The van der Waals surface area contributed by atoms with Crippen LogP contribution in [0.4, 0.5) is 0 Å². The van der Waals surface area contributed by atoms with Crippen LogP contribution >= 0.6 is 0 Å². The smallest absolute Gasteiger partial charge is 0.246 e. The zero-order valence-corrected chi connectivity index (χ0v) is 14.7. The number of hydrogen-bond acceptors (Lipinski definition) is 4. The third-order valence-electron chi connectivity index (χ3n) is 4.67. The molecule has 2 amide bonds. The van der Waals surface area contributed by atoms with E-state index in [9.17, 15) is 9.59 Å². The Labute approximate surface area is 148 Å². The van der Waals surface area contributed by atoms with Gasteiger partial charge in [0, 0.05) is 43.7 Å². The maximum atomic E-state index is 12.4. The summed E-state index contributed by atoms with van der Waals surface area (Å²) in [6.45, 7) is 2.41. The minimum atomic E-state index is -0.0524. The van der Waals surface area contributed by atoms with Gasteiger partial charge in [-0.2, -0.15) is 0 Å². The van der Waals surface area contributed by atoms with Crippen molar-refractivity contribution < 1.29 is 19.1 Å².